The zero-order valence-corrected chi connectivity index (χ0v) is 12.2. The summed E-state index contributed by atoms with van der Waals surface area (Å²) in [6.07, 6.45) is 3.04. The monoisotopic (exact) mass is 282 g/mol. The molecular weight excluding hydrogens is 263 g/mol. The van der Waals surface area contributed by atoms with Gasteiger partial charge in [-0.15, -0.1) is 0 Å². The number of carbonyl (C=O) groups is 1. The minimum absolute atomic E-state index is 0.0718. The second kappa shape index (κ2) is 5.80. The van der Waals surface area contributed by atoms with Crippen LogP contribution in [0.4, 0.5) is 4.39 Å². The van der Waals surface area contributed by atoms with Gasteiger partial charge in [-0.25, -0.2) is 4.39 Å². The molecule has 108 valence electrons. The van der Waals surface area contributed by atoms with E-state index in [2.05, 4.69) is 18.2 Å². The van der Waals surface area contributed by atoms with Crippen LogP contribution in [-0.4, -0.2) is 5.78 Å². The van der Waals surface area contributed by atoms with E-state index in [4.69, 9.17) is 0 Å². The van der Waals surface area contributed by atoms with Crippen LogP contribution >= 0.6 is 0 Å². The molecule has 0 spiro atoms. The van der Waals surface area contributed by atoms with Crippen molar-refractivity contribution in [1.29, 1.82) is 0 Å². The van der Waals surface area contributed by atoms with Gasteiger partial charge in [0.15, 0.2) is 0 Å². The first-order valence-electron chi connectivity index (χ1n) is 7.48. The molecule has 0 saturated carbocycles. The van der Waals surface area contributed by atoms with Gasteiger partial charge in [-0.05, 0) is 60.6 Å². The van der Waals surface area contributed by atoms with Crippen LogP contribution < -0.4 is 0 Å². The predicted molar refractivity (Wildman–Crippen MR) is 81.8 cm³/mol. The lowest BCUT2D eigenvalue weighted by atomic mass is 9.80. The van der Waals surface area contributed by atoms with Gasteiger partial charge >= 0.3 is 0 Å². The van der Waals surface area contributed by atoms with Crippen LogP contribution in [0, 0.1) is 18.7 Å². The highest BCUT2D eigenvalue weighted by Gasteiger charge is 2.24. The number of carbonyl (C=O) groups excluding carboxylic acids is 1. The van der Waals surface area contributed by atoms with Gasteiger partial charge in [-0.3, -0.25) is 4.79 Å². The van der Waals surface area contributed by atoms with Crippen molar-refractivity contribution in [2.75, 3.05) is 0 Å². The highest BCUT2D eigenvalue weighted by Crippen LogP contribution is 2.27. The number of hydrogen-bond acceptors (Lipinski definition) is 1. The summed E-state index contributed by atoms with van der Waals surface area (Å²) < 4.78 is 13.3. The summed E-state index contributed by atoms with van der Waals surface area (Å²) in [6, 6.07) is 13.0. The number of aryl methyl sites for hydroxylation is 2. The molecule has 1 nitrogen and oxygen atoms in total. The third-order valence-corrected chi connectivity index (χ3v) is 4.48. The molecule has 0 N–H and O–H groups in total. The topological polar surface area (TPSA) is 17.1 Å². The maximum Gasteiger partial charge on any atom is 0.140 e. The number of rotatable bonds is 3. The van der Waals surface area contributed by atoms with Gasteiger partial charge < -0.3 is 0 Å². The predicted octanol–water partition coefficient (Wildman–Crippen LogP) is 4.05. The van der Waals surface area contributed by atoms with Gasteiger partial charge in [0.05, 0.1) is 0 Å². The molecule has 2 aromatic carbocycles. The largest absolute Gasteiger partial charge is 0.299 e. The standard InChI is InChI=1S/C19H19FO/c1-13-6-9-18(20)11-17(13)12-19(21)16-8-7-14-4-2-3-5-15(14)10-16/h2-6,9,11,16H,7-8,10,12H2,1H3. The molecule has 0 aromatic heterocycles. The van der Waals surface area contributed by atoms with Crippen LogP contribution in [0.25, 0.3) is 0 Å². The van der Waals surface area contributed by atoms with E-state index in [9.17, 15) is 9.18 Å². The summed E-state index contributed by atoms with van der Waals surface area (Å²) in [7, 11) is 0. The van der Waals surface area contributed by atoms with Crippen LogP contribution in [0.3, 0.4) is 0 Å². The summed E-state index contributed by atoms with van der Waals surface area (Å²) in [5.41, 5.74) is 4.46. The molecule has 0 aliphatic heterocycles. The molecule has 0 saturated heterocycles. The Balaban J connectivity index is 1.74. The van der Waals surface area contributed by atoms with Gasteiger partial charge in [-0.1, -0.05) is 30.3 Å². The van der Waals surface area contributed by atoms with Crippen molar-refractivity contribution in [3.8, 4) is 0 Å². The van der Waals surface area contributed by atoms with Crippen molar-refractivity contribution in [2.24, 2.45) is 5.92 Å². The average Bonchev–Trinajstić information content (AvgIpc) is 2.50. The molecule has 1 aliphatic rings. The highest BCUT2D eigenvalue weighted by atomic mass is 19.1. The summed E-state index contributed by atoms with van der Waals surface area (Å²) >= 11 is 0. The molecule has 2 aromatic rings. The van der Waals surface area contributed by atoms with E-state index in [1.54, 1.807) is 6.07 Å². The molecule has 0 bridgehead atoms. The number of benzene rings is 2. The highest BCUT2D eigenvalue weighted by molar-refractivity contribution is 5.84. The van der Waals surface area contributed by atoms with Crippen LogP contribution in [0.1, 0.15) is 28.7 Å². The fourth-order valence-electron chi connectivity index (χ4n) is 3.14. The lowest BCUT2D eigenvalue weighted by Crippen LogP contribution is -2.24. The van der Waals surface area contributed by atoms with E-state index in [1.807, 2.05) is 13.0 Å². The molecular formula is C19H19FO. The van der Waals surface area contributed by atoms with Gasteiger partial charge in [0, 0.05) is 12.3 Å². The summed E-state index contributed by atoms with van der Waals surface area (Å²) in [5.74, 6) is 0.0400. The maximum absolute atomic E-state index is 13.3. The molecule has 21 heavy (non-hydrogen) atoms. The Labute approximate surface area is 124 Å². The fraction of sp³-hybridized carbons (Fsp3) is 0.316. The summed E-state index contributed by atoms with van der Waals surface area (Å²) in [5, 5.41) is 0. The second-order valence-corrected chi connectivity index (χ2v) is 5.92. The Morgan fingerprint density at radius 3 is 2.76 bits per heavy atom. The minimum Gasteiger partial charge on any atom is -0.299 e. The SMILES string of the molecule is Cc1ccc(F)cc1CC(=O)C1CCc2ccccc2C1. The van der Waals surface area contributed by atoms with Gasteiger partial charge in [0.2, 0.25) is 0 Å². The third-order valence-electron chi connectivity index (χ3n) is 4.48. The van der Waals surface area contributed by atoms with Crippen molar-refractivity contribution in [3.63, 3.8) is 0 Å². The number of ketones is 1. The first-order valence-corrected chi connectivity index (χ1v) is 7.48. The molecule has 3 rings (SSSR count). The maximum atomic E-state index is 13.3. The fourth-order valence-corrected chi connectivity index (χ4v) is 3.14. The van der Waals surface area contributed by atoms with Gasteiger partial charge in [0.1, 0.15) is 11.6 Å². The number of Topliss-reactive ketones (excluding diaryl/α,β-unsaturated/α-hetero) is 1. The van der Waals surface area contributed by atoms with E-state index in [1.165, 1.54) is 23.3 Å². The van der Waals surface area contributed by atoms with Gasteiger partial charge in [0.25, 0.3) is 0 Å². The third kappa shape index (κ3) is 3.05. The Morgan fingerprint density at radius 1 is 1.19 bits per heavy atom. The normalized spacial score (nSPS) is 17.3. The smallest absolute Gasteiger partial charge is 0.140 e. The quantitative estimate of drug-likeness (QED) is 0.830. The Hall–Kier alpha value is -1.96. The molecule has 0 fully saturated rings. The van der Waals surface area contributed by atoms with Crippen LogP contribution in [-0.2, 0) is 24.1 Å². The molecule has 0 heterocycles. The first-order chi connectivity index (χ1) is 10.1. The summed E-state index contributed by atoms with van der Waals surface area (Å²) in [6.45, 7) is 1.93. The number of fused-ring (bicyclic) bond motifs is 1. The lowest BCUT2D eigenvalue weighted by molar-refractivity contribution is -0.122. The Morgan fingerprint density at radius 2 is 1.95 bits per heavy atom. The average molecular weight is 282 g/mol. The van der Waals surface area contributed by atoms with Crippen LogP contribution in [0.2, 0.25) is 0 Å². The Bertz CT molecular complexity index is 675. The van der Waals surface area contributed by atoms with Crippen LogP contribution in [0.15, 0.2) is 42.5 Å². The lowest BCUT2D eigenvalue weighted by Gasteiger charge is -2.23. The van der Waals surface area contributed by atoms with Crippen molar-refractivity contribution >= 4 is 5.78 Å². The molecule has 2 heteroatoms. The summed E-state index contributed by atoms with van der Waals surface area (Å²) in [4.78, 5) is 12.5. The van der Waals surface area contributed by atoms with E-state index in [0.29, 0.717) is 6.42 Å². The molecule has 0 radical (unpaired) electrons. The zero-order chi connectivity index (χ0) is 14.8. The number of halogens is 1. The van der Waals surface area contributed by atoms with Crippen molar-refractivity contribution in [3.05, 3.63) is 70.5 Å². The Kier molecular flexibility index (Phi) is 3.87. The second-order valence-electron chi connectivity index (χ2n) is 5.92. The van der Waals surface area contributed by atoms with Crippen molar-refractivity contribution in [2.45, 2.75) is 32.6 Å². The molecule has 1 aliphatic carbocycles. The molecule has 1 atom stereocenters. The van der Waals surface area contributed by atoms with E-state index in [-0.39, 0.29) is 17.5 Å². The van der Waals surface area contributed by atoms with E-state index in [0.717, 1.165) is 30.4 Å². The number of hydrogen-bond donors (Lipinski definition) is 0. The molecule has 0 amide bonds. The minimum atomic E-state index is -0.266. The van der Waals surface area contributed by atoms with Crippen molar-refractivity contribution in [1.82, 2.24) is 0 Å². The van der Waals surface area contributed by atoms with E-state index < -0.39 is 0 Å². The zero-order valence-electron chi connectivity index (χ0n) is 12.2. The molecule has 1 unspecified atom stereocenters. The van der Waals surface area contributed by atoms with Gasteiger partial charge in [-0.2, -0.15) is 0 Å². The van der Waals surface area contributed by atoms with E-state index >= 15 is 0 Å². The van der Waals surface area contributed by atoms with Crippen LogP contribution in [0.5, 0.6) is 0 Å². The first kappa shape index (κ1) is 14.0. The van der Waals surface area contributed by atoms with Crippen molar-refractivity contribution < 1.29 is 9.18 Å².